The minimum absolute atomic E-state index is 0.0823. The van der Waals surface area contributed by atoms with Crippen molar-refractivity contribution in [2.75, 3.05) is 45.2 Å². The molecule has 1 saturated heterocycles. The minimum Gasteiger partial charge on any atom is -0.465 e. The third-order valence-electron chi connectivity index (χ3n) is 5.51. The highest BCUT2D eigenvalue weighted by atomic mass is 32.1. The molecule has 1 aliphatic heterocycles. The lowest BCUT2D eigenvalue weighted by atomic mass is 10.1. The summed E-state index contributed by atoms with van der Waals surface area (Å²) < 4.78 is 42.9. The summed E-state index contributed by atoms with van der Waals surface area (Å²) in [5.74, 6) is -1.15. The molecule has 0 atom stereocenters. The Kier molecular flexibility index (Phi) is 7.43. The highest BCUT2D eigenvalue weighted by Gasteiger charge is 2.31. The number of esters is 1. The Labute approximate surface area is 193 Å². The SMILES string of the molecule is COC(=O)c1c(NC(=O)CN2CCN(C(=O)c3ccc(C(F)(F)F)cc3)CC2)sc(C)c1C. The Morgan fingerprint density at radius 3 is 2.21 bits per heavy atom. The topological polar surface area (TPSA) is 79.0 Å². The van der Waals surface area contributed by atoms with Crippen LogP contribution < -0.4 is 5.32 Å². The van der Waals surface area contributed by atoms with Crippen molar-refractivity contribution in [3.8, 4) is 0 Å². The molecule has 33 heavy (non-hydrogen) atoms. The average Bonchev–Trinajstić information content (AvgIpc) is 3.05. The molecule has 1 fully saturated rings. The molecule has 0 aliphatic carbocycles. The van der Waals surface area contributed by atoms with Crippen LogP contribution in [0.1, 0.15) is 36.7 Å². The van der Waals surface area contributed by atoms with E-state index in [-0.39, 0.29) is 23.9 Å². The number of methoxy groups -OCH3 is 1. The molecule has 1 aliphatic rings. The van der Waals surface area contributed by atoms with Crippen LogP contribution in [0.2, 0.25) is 0 Å². The molecular formula is C22H24F3N3O4S. The smallest absolute Gasteiger partial charge is 0.416 e. The largest absolute Gasteiger partial charge is 0.465 e. The van der Waals surface area contributed by atoms with Gasteiger partial charge in [0.15, 0.2) is 0 Å². The van der Waals surface area contributed by atoms with Gasteiger partial charge in [0.05, 0.1) is 24.8 Å². The van der Waals surface area contributed by atoms with E-state index in [1.807, 2.05) is 11.8 Å². The Balaban J connectivity index is 1.54. The number of carbonyl (C=O) groups is 3. The lowest BCUT2D eigenvalue weighted by Gasteiger charge is -2.34. The van der Waals surface area contributed by atoms with Gasteiger partial charge in [0.25, 0.3) is 5.91 Å². The first-order valence-corrected chi connectivity index (χ1v) is 11.0. The molecule has 1 aromatic heterocycles. The highest BCUT2D eigenvalue weighted by Crippen LogP contribution is 2.33. The van der Waals surface area contributed by atoms with Crippen molar-refractivity contribution in [1.82, 2.24) is 9.80 Å². The van der Waals surface area contributed by atoms with Gasteiger partial charge in [-0.05, 0) is 43.7 Å². The van der Waals surface area contributed by atoms with Gasteiger partial charge in [-0.2, -0.15) is 13.2 Å². The van der Waals surface area contributed by atoms with Crippen LogP contribution in [0.5, 0.6) is 0 Å². The molecule has 1 N–H and O–H groups in total. The molecule has 2 aromatic rings. The monoisotopic (exact) mass is 483 g/mol. The van der Waals surface area contributed by atoms with Crippen LogP contribution in [0.4, 0.5) is 18.2 Å². The fraction of sp³-hybridized carbons (Fsp3) is 0.409. The number of carbonyl (C=O) groups excluding carboxylic acids is 3. The van der Waals surface area contributed by atoms with Gasteiger partial charge in [-0.15, -0.1) is 11.3 Å². The predicted octanol–water partition coefficient (Wildman–Crippen LogP) is 3.57. The highest BCUT2D eigenvalue weighted by molar-refractivity contribution is 7.16. The van der Waals surface area contributed by atoms with Crippen molar-refractivity contribution in [1.29, 1.82) is 0 Å². The number of thiophene rings is 1. The number of amides is 2. The number of ether oxygens (including phenoxy) is 1. The number of benzene rings is 1. The van der Waals surface area contributed by atoms with E-state index in [2.05, 4.69) is 5.32 Å². The Morgan fingerprint density at radius 1 is 1.06 bits per heavy atom. The Bertz CT molecular complexity index is 1040. The first-order chi connectivity index (χ1) is 15.5. The van der Waals surface area contributed by atoms with Gasteiger partial charge in [-0.25, -0.2) is 4.79 Å². The van der Waals surface area contributed by atoms with Gasteiger partial charge in [0, 0.05) is 36.6 Å². The number of nitrogens with one attached hydrogen (secondary N) is 1. The maximum Gasteiger partial charge on any atom is 0.416 e. The Hall–Kier alpha value is -2.92. The fourth-order valence-corrected chi connectivity index (χ4v) is 4.59. The zero-order valence-electron chi connectivity index (χ0n) is 18.4. The van der Waals surface area contributed by atoms with Gasteiger partial charge in [-0.3, -0.25) is 14.5 Å². The van der Waals surface area contributed by atoms with E-state index in [0.717, 1.165) is 22.6 Å². The molecule has 178 valence electrons. The van der Waals surface area contributed by atoms with E-state index in [1.165, 1.54) is 30.6 Å². The third kappa shape index (κ3) is 5.72. The number of nitrogens with zero attached hydrogens (tertiary/aromatic N) is 2. The molecule has 3 rings (SSSR count). The summed E-state index contributed by atoms with van der Waals surface area (Å²) in [4.78, 5) is 41.5. The van der Waals surface area contributed by atoms with Crippen molar-refractivity contribution in [3.05, 3.63) is 51.4 Å². The molecule has 1 aromatic carbocycles. The first-order valence-electron chi connectivity index (χ1n) is 10.2. The second-order valence-corrected chi connectivity index (χ2v) is 8.90. The second-order valence-electron chi connectivity index (χ2n) is 7.67. The zero-order chi connectivity index (χ0) is 24.3. The second kappa shape index (κ2) is 9.92. The molecule has 11 heteroatoms. The van der Waals surface area contributed by atoms with Crippen LogP contribution in [0.3, 0.4) is 0 Å². The van der Waals surface area contributed by atoms with Gasteiger partial charge in [-0.1, -0.05) is 0 Å². The maximum absolute atomic E-state index is 12.7. The van der Waals surface area contributed by atoms with Crippen LogP contribution in [0, 0.1) is 13.8 Å². The van der Waals surface area contributed by atoms with Gasteiger partial charge >= 0.3 is 12.1 Å². The number of anilines is 1. The molecule has 7 nitrogen and oxygen atoms in total. The summed E-state index contributed by atoms with van der Waals surface area (Å²) in [6.07, 6.45) is -4.45. The first kappa shape index (κ1) is 24.7. The quantitative estimate of drug-likeness (QED) is 0.658. The number of alkyl halides is 3. The van der Waals surface area contributed by atoms with E-state index in [9.17, 15) is 27.6 Å². The van der Waals surface area contributed by atoms with Crippen molar-refractivity contribution in [2.45, 2.75) is 20.0 Å². The van der Waals surface area contributed by atoms with Crippen molar-refractivity contribution < 1.29 is 32.3 Å². The lowest BCUT2D eigenvalue weighted by molar-refractivity contribution is -0.137. The molecule has 0 bridgehead atoms. The zero-order valence-corrected chi connectivity index (χ0v) is 19.2. The van der Waals surface area contributed by atoms with Crippen LogP contribution in [0.25, 0.3) is 0 Å². The predicted molar refractivity (Wildman–Crippen MR) is 118 cm³/mol. The van der Waals surface area contributed by atoms with Crippen LogP contribution in [0.15, 0.2) is 24.3 Å². The van der Waals surface area contributed by atoms with E-state index in [0.29, 0.717) is 36.7 Å². The summed E-state index contributed by atoms with van der Waals surface area (Å²) >= 11 is 1.30. The van der Waals surface area contributed by atoms with Crippen molar-refractivity contribution in [3.63, 3.8) is 0 Å². The summed E-state index contributed by atoms with van der Waals surface area (Å²) in [5.41, 5.74) is 0.493. The van der Waals surface area contributed by atoms with Gasteiger partial charge in [0.1, 0.15) is 5.00 Å². The average molecular weight is 484 g/mol. The summed E-state index contributed by atoms with van der Waals surface area (Å²) in [5, 5.41) is 3.22. The minimum atomic E-state index is -4.45. The number of piperazine rings is 1. The third-order valence-corrected chi connectivity index (χ3v) is 6.64. The normalized spacial score (nSPS) is 14.8. The fourth-order valence-electron chi connectivity index (χ4n) is 3.53. The van der Waals surface area contributed by atoms with Crippen molar-refractivity contribution in [2.24, 2.45) is 0 Å². The van der Waals surface area contributed by atoms with Gasteiger partial charge in [0.2, 0.25) is 5.91 Å². The van der Waals surface area contributed by atoms with E-state index >= 15 is 0 Å². The molecule has 0 spiro atoms. The summed E-state index contributed by atoms with van der Waals surface area (Å²) in [7, 11) is 1.28. The van der Waals surface area contributed by atoms with Crippen LogP contribution >= 0.6 is 11.3 Å². The number of hydrogen-bond donors (Lipinski definition) is 1. The molecule has 0 saturated carbocycles. The lowest BCUT2D eigenvalue weighted by Crippen LogP contribution is -2.50. The van der Waals surface area contributed by atoms with E-state index in [1.54, 1.807) is 11.8 Å². The number of hydrogen-bond acceptors (Lipinski definition) is 6. The van der Waals surface area contributed by atoms with Crippen LogP contribution in [-0.2, 0) is 15.7 Å². The molecule has 2 amide bonds. The summed E-state index contributed by atoms with van der Waals surface area (Å²) in [6, 6.07) is 4.14. The molecule has 0 unspecified atom stereocenters. The number of rotatable bonds is 5. The Morgan fingerprint density at radius 2 is 1.67 bits per heavy atom. The standard InChI is InChI=1S/C22H24F3N3O4S/c1-13-14(2)33-19(18(13)21(31)32-3)26-17(29)12-27-8-10-28(11-9-27)20(30)15-4-6-16(7-5-15)22(23,24)25/h4-7H,8-12H2,1-3H3,(H,26,29). The molecule has 2 heterocycles. The number of halogens is 3. The summed E-state index contributed by atoms with van der Waals surface area (Å²) in [6.45, 7) is 5.29. The molecule has 0 radical (unpaired) electrons. The van der Waals surface area contributed by atoms with E-state index < -0.39 is 17.7 Å². The molecular weight excluding hydrogens is 459 g/mol. The van der Waals surface area contributed by atoms with Crippen molar-refractivity contribution >= 4 is 34.1 Å². The number of aryl methyl sites for hydroxylation is 1. The maximum atomic E-state index is 12.7. The van der Waals surface area contributed by atoms with E-state index in [4.69, 9.17) is 4.74 Å². The van der Waals surface area contributed by atoms with Crippen LogP contribution in [-0.4, -0.2) is 67.4 Å². The van der Waals surface area contributed by atoms with Gasteiger partial charge < -0.3 is 15.0 Å².